The Labute approximate surface area is 249 Å². The molecule has 4 N–H and O–H groups in total. The number of likely N-dealkylation sites (N-methyl/N-ethyl adjacent to an activating group) is 1. The van der Waals surface area contributed by atoms with Crippen LogP contribution in [0.1, 0.15) is 64.5 Å². The Morgan fingerprint density at radius 3 is 2.44 bits per heavy atom. The third-order valence-corrected chi connectivity index (χ3v) is 11.0. The molecule has 4 aliphatic carbocycles. The predicted octanol–water partition coefficient (Wildman–Crippen LogP) is 3.53. The van der Waals surface area contributed by atoms with E-state index in [0.29, 0.717) is 48.3 Å². The monoisotopic (exact) mass is 608 g/mol. The van der Waals surface area contributed by atoms with Gasteiger partial charge >= 0.3 is 6.03 Å². The Hall–Kier alpha value is -3.62. The van der Waals surface area contributed by atoms with E-state index >= 15 is 0 Å². The number of urea groups is 1. The molecule has 2 aromatic heterocycles. The first kappa shape index (κ1) is 28.2. The van der Waals surface area contributed by atoms with Gasteiger partial charge in [0.05, 0.1) is 12.0 Å². The number of anilines is 2. The normalized spacial score (nSPS) is 29.6. The van der Waals surface area contributed by atoms with Crippen LogP contribution in [0, 0.1) is 17.8 Å². The fourth-order valence-corrected chi connectivity index (χ4v) is 9.70. The molecule has 3 amide bonds. The summed E-state index contributed by atoms with van der Waals surface area (Å²) < 4.78 is 38.2. The van der Waals surface area contributed by atoms with E-state index in [-0.39, 0.29) is 22.3 Å². The van der Waals surface area contributed by atoms with Crippen LogP contribution in [0.15, 0.2) is 41.8 Å². The van der Waals surface area contributed by atoms with E-state index in [9.17, 15) is 18.0 Å². The molecule has 43 heavy (non-hydrogen) atoms. The minimum absolute atomic E-state index is 0.0260. The fourth-order valence-electron chi connectivity index (χ4n) is 8.10. The summed E-state index contributed by atoms with van der Waals surface area (Å²) in [6.45, 7) is 2.38. The number of imidazole rings is 1. The van der Waals surface area contributed by atoms with E-state index in [1.54, 1.807) is 29.1 Å². The molecule has 5 fully saturated rings. The molecule has 1 aliphatic heterocycles. The molecule has 14 heteroatoms. The molecular weight excluding hydrogens is 572 g/mol. The molecule has 1 aromatic carbocycles. The average Bonchev–Trinajstić information content (AvgIpc) is 3.60. The van der Waals surface area contributed by atoms with Crippen LogP contribution in [0.3, 0.4) is 0 Å². The maximum atomic E-state index is 13.7. The van der Waals surface area contributed by atoms with Crippen LogP contribution in [0.5, 0.6) is 0 Å². The molecular formula is C29H36N8O5S. The van der Waals surface area contributed by atoms with Gasteiger partial charge in [0, 0.05) is 12.1 Å². The topological polar surface area (TPSA) is 169 Å². The summed E-state index contributed by atoms with van der Waals surface area (Å²) >= 11 is 0. The second-order valence-corrected chi connectivity index (χ2v) is 14.1. The Morgan fingerprint density at radius 1 is 1.00 bits per heavy atom. The van der Waals surface area contributed by atoms with Crippen LogP contribution in [-0.2, 0) is 19.6 Å². The van der Waals surface area contributed by atoms with Gasteiger partial charge in [0.2, 0.25) is 15.9 Å². The molecule has 4 bridgehead atoms. The zero-order valence-corrected chi connectivity index (χ0v) is 24.8. The van der Waals surface area contributed by atoms with Crippen molar-refractivity contribution in [1.82, 2.24) is 29.6 Å². The Balaban J connectivity index is 1.06. The van der Waals surface area contributed by atoms with Crippen molar-refractivity contribution in [2.75, 3.05) is 17.2 Å². The number of rotatable bonds is 8. The SMILES string of the molecule is CCNC(=O)[C@@H]1CC[C@H](n2cnc3c(NC(=O)Nc4ccccc4S(=O)(=O)NC45CC6CC(CC(C6)C4)C5)ncnc32)O1. The molecule has 3 aromatic rings. The summed E-state index contributed by atoms with van der Waals surface area (Å²) in [6.07, 6.45) is 9.28. The lowest BCUT2D eigenvalue weighted by atomic mass is 9.53. The van der Waals surface area contributed by atoms with Crippen molar-refractivity contribution in [2.45, 2.75) is 81.1 Å². The molecule has 0 radical (unpaired) electrons. The van der Waals surface area contributed by atoms with Crippen molar-refractivity contribution in [3.63, 3.8) is 0 Å². The van der Waals surface area contributed by atoms with Crippen LogP contribution < -0.4 is 20.7 Å². The lowest BCUT2D eigenvalue weighted by molar-refractivity contribution is -0.133. The van der Waals surface area contributed by atoms with E-state index in [4.69, 9.17) is 4.74 Å². The van der Waals surface area contributed by atoms with E-state index in [0.717, 1.165) is 19.3 Å². The van der Waals surface area contributed by atoms with Crippen LogP contribution in [0.2, 0.25) is 0 Å². The number of amides is 3. The number of carbonyl (C=O) groups excluding carboxylic acids is 2. The summed E-state index contributed by atoms with van der Waals surface area (Å²) in [7, 11) is -3.90. The molecule has 1 saturated heterocycles. The standard InChI is InChI=1S/C29H36N8O5S/c1-2-30-27(38)21-7-8-23(42-21)37-16-33-24-25(31-15-32-26(24)37)35-28(39)34-20-5-3-4-6-22(20)43(40,41)36-29-12-17-9-18(13-29)11-19(10-17)14-29/h3-6,15-19,21,23,36H,2,7-14H2,1H3,(H,30,38)(H2,31,32,34,35,39)/t17?,18?,19?,21-,23+,29?/m0/s1. The van der Waals surface area contributed by atoms with Gasteiger partial charge in [-0.1, -0.05) is 12.1 Å². The first-order valence-electron chi connectivity index (χ1n) is 15.0. The third kappa shape index (κ3) is 5.36. The second kappa shape index (κ2) is 10.8. The van der Waals surface area contributed by atoms with Gasteiger partial charge in [0.1, 0.15) is 23.6 Å². The van der Waals surface area contributed by atoms with Crippen molar-refractivity contribution in [3.05, 3.63) is 36.9 Å². The zero-order chi connectivity index (χ0) is 29.8. The van der Waals surface area contributed by atoms with Crippen molar-refractivity contribution >= 4 is 44.6 Å². The highest BCUT2D eigenvalue weighted by Gasteiger charge is 2.52. The van der Waals surface area contributed by atoms with E-state index in [1.165, 1.54) is 31.7 Å². The molecule has 8 rings (SSSR count). The van der Waals surface area contributed by atoms with Gasteiger partial charge in [0.25, 0.3) is 0 Å². The van der Waals surface area contributed by atoms with Crippen molar-refractivity contribution in [1.29, 1.82) is 0 Å². The third-order valence-electron chi connectivity index (χ3n) is 9.36. The van der Waals surface area contributed by atoms with Crippen LogP contribution in [0.4, 0.5) is 16.3 Å². The molecule has 4 saturated carbocycles. The minimum Gasteiger partial charge on any atom is -0.354 e. The Morgan fingerprint density at radius 2 is 1.72 bits per heavy atom. The lowest BCUT2D eigenvalue weighted by Gasteiger charge is -2.56. The summed E-state index contributed by atoms with van der Waals surface area (Å²) in [6, 6.07) is 5.75. The first-order valence-corrected chi connectivity index (χ1v) is 16.5. The highest BCUT2D eigenvalue weighted by Crippen LogP contribution is 2.56. The van der Waals surface area contributed by atoms with Gasteiger partial charge in [-0.05, 0) is 88.2 Å². The predicted molar refractivity (Wildman–Crippen MR) is 157 cm³/mol. The highest BCUT2D eigenvalue weighted by atomic mass is 32.2. The van der Waals surface area contributed by atoms with Gasteiger partial charge in [-0.15, -0.1) is 0 Å². The van der Waals surface area contributed by atoms with Crippen LogP contribution in [0.25, 0.3) is 11.2 Å². The number of hydrogen-bond donors (Lipinski definition) is 4. The van der Waals surface area contributed by atoms with Crippen LogP contribution >= 0.6 is 0 Å². The van der Waals surface area contributed by atoms with Gasteiger partial charge in [-0.2, -0.15) is 0 Å². The number of hydrogen-bond acceptors (Lipinski definition) is 8. The van der Waals surface area contributed by atoms with E-state index in [2.05, 4.69) is 35.6 Å². The van der Waals surface area contributed by atoms with Crippen LogP contribution in [-0.4, -0.2) is 58.1 Å². The molecule has 13 nitrogen and oxygen atoms in total. The zero-order valence-electron chi connectivity index (χ0n) is 24.0. The number of benzene rings is 1. The number of carbonyl (C=O) groups is 2. The molecule has 0 spiro atoms. The minimum atomic E-state index is -3.90. The maximum Gasteiger partial charge on any atom is 0.324 e. The van der Waals surface area contributed by atoms with Gasteiger partial charge in [-0.3, -0.25) is 14.7 Å². The molecule has 228 valence electrons. The second-order valence-electron chi connectivity index (χ2n) is 12.5. The van der Waals surface area contributed by atoms with Gasteiger partial charge in [-0.25, -0.2) is 32.9 Å². The van der Waals surface area contributed by atoms with E-state index in [1.807, 2.05) is 6.92 Å². The number of nitrogens with zero attached hydrogens (tertiary/aromatic N) is 4. The number of aromatic nitrogens is 4. The van der Waals surface area contributed by atoms with Crippen molar-refractivity contribution < 1.29 is 22.7 Å². The van der Waals surface area contributed by atoms with Gasteiger partial charge < -0.3 is 15.4 Å². The van der Waals surface area contributed by atoms with Crippen molar-refractivity contribution in [3.8, 4) is 0 Å². The Kier molecular flexibility index (Phi) is 7.09. The summed E-state index contributed by atoms with van der Waals surface area (Å²) in [5.74, 6) is 1.76. The highest BCUT2D eigenvalue weighted by molar-refractivity contribution is 7.89. The summed E-state index contributed by atoms with van der Waals surface area (Å²) in [5.41, 5.74) is 0.544. The first-order chi connectivity index (χ1) is 20.7. The smallest absolute Gasteiger partial charge is 0.324 e. The Bertz CT molecular complexity index is 1640. The molecule has 0 unspecified atom stereocenters. The number of ether oxygens (including phenoxy) is 1. The fraction of sp³-hybridized carbons (Fsp3) is 0.552. The van der Waals surface area contributed by atoms with E-state index < -0.39 is 33.9 Å². The number of fused-ring (bicyclic) bond motifs is 1. The van der Waals surface area contributed by atoms with Crippen molar-refractivity contribution in [2.24, 2.45) is 17.8 Å². The molecule has 2 atom stereocenters. The lowest BCUT2D eigenvalue weighted by Crippen LogP contribution is -2.59. The summed E-state index contributed by atoms with van der Waals surface area (Å²) in [5, 5.41) is 8.16. The summed E-state index contributed by atoms with van der Waals surface area (Å²) in [4.78, 5) is 38.3. The average molecular weight is 609 g/mol. The number of sulfonamides is 1. The number of para-hydroxylation sites is 1. The molecule has 5 aliphatic rings. The maximum absolute atomic E-state index is 13.7. The number of nitrogens with one attached hydrogen (secondary N) is 4. The quantitative estimate of drug-likeness (QED) is 0.301. The largest absolute Gasteiger partial charge is 0.354 e. The van der Waals surface area contributed by atoms with Gasteiger partial charge in [0.15, 0.2) is 17.0 Å². The molecule has 3 heterocycles.